The van der Waals surface area contributed by atoms with Crippen LogP contribution in [0.25, 0.3) is 0 Å². The summed E-state index contributed by atoms with van der Waals surface area (Å²) in [5.74, 6) is 0.0990. The zero-order valence-corrected chi connectivity index (χ0v) is 14.6. The number of aromatic nitrogens is 2. The van der Waals surface area contributed by atoms with Crippen LogP contribution in [0.15, 0.2) is 6.20 Å². The highest BCUT2D eigenvalue weighted by molar-refractivity contribution is 14.1. The molecule has 1 N–H and O–H groups in total. The number of morpholine rings is 1. The van der Waals surface area contributed by atoms with Crippen molar-refractivity contribution in [2.24, 2.45) is 0 Å². The molecular formula is C14H23IN4O2. The molecule has 1 amide bonds. The first-order valence-electron chi connectivity index (χ1n) is 7.41. The fourth-order valence-corrected chi connectivity index (χ4v) is 2.70. The van der Waals surface area contributed by atoms with E-state index in [1.807, 2.05) is 17.8 Å². The molecule has 1 aliphatic rings. The minimum atomic E-state index is 0.0990. The Morgan fingerprint density at radius 3 is 2.86 bits per heavy atom. The number of rotatable bonds is 7. The van der Waals surface area contributed by atoms with Gasteiger partial charge in [0, 0.05) is 38.3 Å². The highest BCUT2D eigenvalue weighted by Crippen LogP contribution is 2.09. The first-order chi connectivity index (χ1) is 10.2. The number of nitrogens with one attached hydrogen (secondary N) is 1. The molecule has 0 unspecified atom stereocenters. The number of ether oxygens (including phenoxy) is 1. The number of hydrogen-bond acceptors (Lipinski definition) is 4. The number of amides is 1. The topological polar surface area (TPSA) is 59.4 Å². The van der Waals surface area contributed by atoms with Gasteiger partial charge in [0.2, 0.25) is 5.91 Å². The van der Waals surface area contributed by atoms with Gasteiger partial charge in [-0.2, -0.15) is 5.10 Å². The first kappa shape index (κ1) is 16.7. The predicted molar refractivity (Wildman–Crippen MR) is 89.2 cm³/mol. The molecule has 118 valence electrons. The highest BCUT2D eigenvalue weighted by atomic mass is 127. The van der Waals surface area contributed by atoms with Crippen molar-refractivity contribution in [2.75, 3.05) is 39.4 Å². The van der Waals surface area contributed by atoms with Gasteiger partial charge in [-0.3, -0.25) is 14.4 Å². The Bertz CT molecular complexity index is 458. The van der Waals surface area contributed by atoms with Crippen molar-refractivity contribution in [3.8, 4) is 0 Å². The van der Waals surface area contributed by atoms with E-state index in [0.29, 0.717) is 13.0 Å². The lowest BCUT2D eigenvalue weighted by Gasteiger charge is -2.26. The van der Waals surface area contributed by atoms with Crippen LogP contribution in [0.4, 0.5) is 0 Å². The van der Waals surface area contributed by atoms with Crippen LogP contribution < -0.4 is 5.32 Å². The molecule has 2 heterocycles. The molecule has 0 saturated carbocycles. The lowest BCUT2D eigenvalue weighted by Crippen LogP contribution is -2.38. The van der Waals surface area contributed by atoms with Gasteiger partial charge in [0.05, 0.1) is 23.0 Å². The third-order valence-corrected chi connectivity index (χ3v) is 4.73. The number of nitrogens with zero attached hydrogens (tertiary/aromatic N) is 3. The quantitative estimate of drug-likeness (QED) is 0.543. The van der Waals surface area contributed by atoms with Crippen LogP contribution in [0.2, 0.25) is 0 Å². The van der Waals surface area contributed by atoms with E-state index in [9.17, 15) is 4.79 Å². The van der Waals surface area contributed by atoms with Crippen molar-refractivity contribution in [3.63, 3.8) is 0 Å². The number of halogens is 1. The van der Waals surface area contributed by atoms with Crippen LogP contribution in [0, 0.1) is 10.5 Å². The van der Waals surface area contributed by atoms with E-state index < -0.39 is 0 Å². The van der Waals surface area contributed by atoms with Crippen molar-refractivity contribution < 1.29 is 9.53 Å². The van der Waals surface area contributed by atoms with Gasteiger partial charge in [0.1, 0.15) is 0 Å². The second-order valence-electron chi connectivity index (χ2n) is 5.21. The van der Waals surface area contributed by atoms with Crippen LogP contribution in [0.1, 0.15) is 18.5 Å². The van der Waals surface area contributed by atoms with Crippen molar-refractivity contribution in [1.29, 1.82) is 0 Å². The number of aryl methyl sites for hydroxylation is 1. The van der Waals surface area contributed by atoms with Gasteiger partial charge in [-0.25, -0.2) is 0 Å². The summed E-state index contributed by atoms with van der Waals surface area (Å²) in [6, 6.07) is 0. The smallest absolute Gasteiger partial charge is 0.221 e. The molecule has 0 radical (unpaired) electrons. The summed E-state index contributed by atoms with van der Waals surface area (Å²) in [5.41, 5.74) is 1.12. The fraction of sp³-hybridized carbons (Fsp3) is 0.714. The lowest BCUT2D eigenvalue weighted by molar-refractivity contribution is -0.121. The van der Waals surface area contributed by atoms with Gasteiger partial charge >= 0.3 is 0 Å². The molecule has 1 fully saturated rings. The first-order valence-corrected chi connectivity index (χ1v) is 8.49. The molecular weight excluding hydrogens is 383 g/mol. The number of hydrogen-bond donors (Lipinski definition) is 1. The normalized spacial score (nSPS) is 16.1. The highest BCUT2D eigenvalue weighted by Gasteiger charge is 2.10. The SMILES string of the molecule is Cc1c(I)cnn1CCC(=O)NCCCN1CCOCC1. The van der Waals surface area contributed by atoms with Crippen LogP contribution in [-0.2, 0) is 16.1 Å². The molecule has 2 rings (SSSR count). The van der Waals surface area contributed by atoms with Gasteiger partial charge in [0.25, 0.3) is 0 Å². The Hall–Kier alpha value is -0.670. The molecule has 0 aromatic carbocycles. The average Bonchev–Trinajstić information content (AvgIpc) is 2.82. The fourth-order valence-electron chi connectivity index (χ4n) is 2.30. The van der Waals surface area contributed by atoms with Crippen LogP contribution >= 0.6 is 22.6 Å². The minimum absolute atomic E-state index is 0.0990. The summed E-state index contributed by atoms with van der Waals surface area (Å²) in [7, 11) is 0. The summed E-state index contributed by atoms with van der Waals surface area (Å²) in [4.78, 5) is 14.2. The number of carbonyl (C=O) groups is 1. The molecule has 1 aromatic heterocycles. The molecule has 0 atom stereocenters. The van der Waals surface area contributed by atoms with E-state index in [1.165, 1.54) is 0 Å². The van der Waals surface area contributed by atoms with Crippen LogP contribution in [0.5, 0.6) is 0 Å². The zero-order chi connectivity index (χ0) is 15.1. The maximum absolute atomic E-state index is 11.8. The molecule has 21 heavy (non-hydrogen) atoms. The van der Waals surface area contributed by atoms with Gasteiger partial charge in [-0.1, -0.05) is 0 Å². The Labute approximate surface area is 139 Å². The second kappa shape index (κ2) is 8.70. The molecule has 0 spiro atoms. The van der Waals surface area contributed by atoms with Gasteiger partial charge < -0.3 is 10.1 Å². The second-order valence-corrected chi connectivity index (χ2v) is 6.37. The van der Waals surface area contributed by atoms with E-state index in [4.69, 9.17) is 4.74 Å². The van der Waals surface area contributed by atoms with Crippen molar-refractivity contribution >= 4 is 28.5 Å². The Morgan fingerprint density at radius 2 is 2.19 bits per heavy atom. The van der Waals surface area contributed by atoms with Crippen molar-refractivity contribution in [3.05, 3.63) is 15.5 Å². The third kappa shape index (κ3) is 5.55. The molecule has 0 bridgehead atoms. The van der Waals surface area contributed by atoms with E-state index in [-0.39, 0.29) is 5.91 Å². The monoisotopic (exact) mass is 406 g/mol. The van der Waals surface area contributed by atoms with E-state index in [1.54, 1.807) is 0 Å². The van der Waals surface area contributed by atoms with Gasteiger partial charge in [-0.15, -0.1) is 0 Å². The van der Waals surface area contributed by atoms with Crippen LogP contribution in [0.3, 0.4) is 0 Å². The third-order valence-electron chi connectivity index (χ3n) is 3.67. The predicted octanol–water partition coefficient (Wildman–Crippen LogP) is 1.02. The Kier molecular flexibility index (Phi) is 6.91. The summed E-state index contributed by atoms with van der Waals surface area (Å²) in [6.07, 6.45) is 3.30. The minimum Gasteiger partial charge on any atom is -0.379 e. The van der Waals surface area contributed by atoms with Gasteiger partial charge in [-0.05, 0) is 42.5 Å². The van der Waals surface area contributed by atoms with E-state index >= 15 is 0 Å². The Balaban J connectivity index is 1.56. The van der Waals surface area contributed by atoms with Gasteiger partial charge in [0.15, 0.2) is 0 Å². The molecule has 1 aliphatic heterocycles. The summed E-state index contributed by atoms with van der Waals surface area (Å²) in [5, 5.41) is 7.23. The molecule has 0 aliphatic carbocycles. The summed E-state index contributed by atoms with van der Waals surface area (Å²) < 4.78 is 8.33. The average molecular weight is 406 g/mol. The summed E-state index contributed by atoms with van der Waals surface area (Å²) in [6.45, 7) is 8.10. The largest absolute Gasteiger partial charge is 0.379 e. The maximum Gasteiger partial charge on any atom is 0.221 e. The van der Waals surface area contributed by atoms with Crippen molar-refractivity contribution in [2.45, 2.75) is 26.3 Å². The number of carbonyl (C=O) groups excluding carboxylic acids is 1. The standard InChI is InChI=1S/C14H23IN4O2/c1-12-13(15)11-17-19(12)6-3-14(20)16-4-2-5-18-7-9-21-10-8-18/h11H,2-10H2,1H3,(H,16,20). The Morgan fingerprint density at radius 1 is 1.43 bits per heavy atom. The zero-order valence-electron chi connectivity index (χ0n) is 12.5. The molecule has 7 heteroatoms. The van der Waals surface area contributed by atoms with E-state index in [2.05, 4.69) is 37.9 Å². The van der Waals surface area contributed by atoms with E-state index in [0.717, 1.165) is 55.1 Å². The molecule has 1 saturated heterocycles. The molecule has 1 aromatic rings. The summed E-state index contributed by atoms with van der Waals surface area (Å²) >= 11 is 2.25. The lowest BCUT2D eigenvalue weighted by atomic mass is 10.3. The van der Waals surface area contributed by atoms with Crippen molar-refractivity contribution in [1.82, 2.24) is 20.0 Å². The van der Waals surface area contributed by atoms with Crippen LogP contribution in [-0.4, -0.2) is 60.0 Å². The maximum atomic E-state index is 11.8. The molecule has 6 nitrogen and oxygen atoms in total.